The fourth-order valence-electron chi connectivity index (χ4n) is 2.90. The zero-order valence-electron chi connectivity index (χ0n) is 14.2. The summed E-state index contributed by atoms with van der Waals surface area (Å²) in [6.45, 7) is 4.13. The van der Waals surface area contributed by atoms with Gasteiger partial charge in [0, 0.05) is 23.5 Å². The fourth-order valence-corrected chi connectivity index (χ4v) is 3.13. The van der Waals surface area contributed by atoms with Gasteiger partial charge in [-0.15, -0.1) is 0 Å². The van der Waals surface area contributed by atoms with E-state index >= 15 is 0 Å². The molecule has 5 nitrogen and oxygen atoms in total. The predicted octanol–water partition coefficient (Wildman–Crippen LogP) is 3.57. The molecule has 2 aromatic rings. The van der Waals surface area contributed by atoms with Crippen molar-refractivity contribution in [2.45, 2.75) is 32.7 Å². The van der Waals surface area contributed by atoms with Crippen molar-refractivity contribution in [1.29, 1.82) is 0 Å². The minimum atomic E-state index is -0.459. The van der Waals surface area contributed by atoms with E-state index in [1.807, 2.05) is 0 Å². The molecule has 1 saturated carbocycles. The van der Waals surface area contributed by atoms with Gasteiger partial charge in [0.05, 0.1) is 10.6 Å². The number of halogens is 1. The van der Waals surface area contributed by atoms with E-state index < -0.39 is 11.8 Å². The smallest absolute Gasteiger partial charge is 0.271 e. The number of carbonyl (C=O) groups is 2. The van der Waals surface area contributed by atoms with Gasteiger partial charge in [0.2, 0.25) is 0 Å². The topological polar surface area (TPSA) is 63.1 Å². The molecule has 1 fully saturated rings. The first-order valence-corrected chi connectivity index (χ1v) is 8.56. The molecule has 0 atom stereocenters. The zero-order valence-corrected chi connectivity index (χ0v) is 14.9. The molecule has 0 radical (unpaired) electrons. The van der Waals surface area contributed by atoms with E-state index in [0.717, 1.165) is 11.3 Å². The van der Waals surface area contributed by atoms with E-state index in [-0.39, 0.29) is 0 Å². The lowest BCUT2D eigenvalue weighted by Gasteiger charge is -2.07. The van der Waals surface area contributed by atoms with E-state index in [2.05, 4.69) is 35.3 Å². The van der Waals surface area contributed by atoms with Crippen LogP contribution in [0.5, 0.6) is 0 Å². The first kappa shape index (κ1) is 17.3. The van der Waals surface area contributed by atoms with Crippen LogP contribution in [0.1, 0.15) is 46.2 Å². The van der Waals surface area contributed by atoms with Gasteiger partial charge in [0.1, 0.15) is 0 Å². The Morgan fingerprint density at radius 2 is 1.92 bits per heavy atom. The highest BCUT2D eigenvalue weighted by Crippen LogP contribution is 2.38. The number of nitrogens with one attached hydrogen (secondary N) is 2. The van der Waals surface area contributed by atoms with Crippen LogP contribution in [0.2, 0.25) is 5.02 Å². The number of nitrogens with zero attached hydrogens (tertiary/aromatic N) is 1. The van der Waals surface area contributed by atoms with Crippen LogP contribution in [0, 0.1) is 13.8 Å². The summed E-state index contributed by atoms with van der Waals surface area (Å²) in [4.78, 5) is 23.9. The second-order valence-electron chi connectivity index (χ2n) is 6.18. The maximum atomic E-state index is 12.0. The van der Waals surface area contributed by atoms with Crippen LogP contribution in [-0.4, -0.2) is 16.4 Å². The minimum absolute atomic E-state index is 0.307. The number of amides is 2. The molecule has 0 bridgehead atoms. The van der Waals surface area contributed by atoms with Gasteiger partial charge in [-0.3, -0.25) is 20.4 Å². The maximum absolute atomic E-state index is 12.0. The Morgan fingerprint density at radius 3 is 2.60 bits per heavy atom. The van der Waals surface area contributed by atoms with E-state index in [1.165, 1.54) is 24.6 Å². The van der Waals surface area contributed by atoms with Crippen molar-refractivity contribution in [3.8, 4) is 0 Å². The molecule has 1 aromatic carbocycles. The predicted molar refractivity (Wildman–Crippen MR) is 98.3 cm³/mol. The normalized spacial score (nSPS) is 13.9. The highest BCUT2D eigenvalue weighted by Gasteiger charge is 2.26. The highest BCUT2D eigenvalue weighted by molar-refractivity contribution is 6.33. The summed E-state index contributed by atoms with van der Waals surface area (Å²) < 4.78 is 2.32. The molecule has 0 unspecified atom stereocenters. The number of rotatable bonds is 4. The van der Waals surface area contributed by atoms with Gasteiger partial charge >= 0.3 is 0 Å². The third kappa shape index (κ3) is 3.94. The van der Waals surface area contributed by atoms with Crippen LogP contribution in [0.25, 0.3) is 6.08 Å². The lowest BCUT2D eigenvalue weighted by molar-refractivity contribution is -0.117. The zero-order chi connectivity index (χ0) is 18.0. The number of hydrazine groups is 1. The number of hydrogen-bond donors (Lipinski definition) is 2. The van der Waals surface area contributed by atoms with Crippen molar-refractivity contribution in [2.24, 2.45) is 0 Å². The number of carbonyl (C=O) groups excluding carboxylic acids is 2. The molecule has 0 spiro atoms. The summed E-state index contributed by atoms with van der Waals surface area (Å²) in [5, 5.41) is 0.331. The Kier molecular flexibility index (Phi) is 4.95. The van der Waals surface area contributed by atoms with Crippen LogP contribution < -0.4 is 10.9 Å². The van der Waals surface area contributed by atoms with Gasteiger partial charge in [-0.25, -0.2) is 0 Å². The first-order valence-electron chi connectivity index (χ1n) is 8.18. The lowest BCUT2D eigenvalue weighted by atomic mass is 10.2. The summed E-state index contributed by atoms with van der Waals surface area (Å²) >= 11 is 5.95. The number of aromatic nitrogens is 1. The van der Waals surface area contributed by atoms with E-state index in [9.17, 15) is 9.59 Å². The highest BCUT2D eigenvalue weighted by atomic mass is 35.5. The standard InChI is InChI=1S/C19H20ClN3O2/c1-12-11-14(13(2)23(12)15-8-9-15)7-10-18(24)21-22-19(25)16-5-3-4-6-17(16)20/h3-7,10-11,15H,8-9H2,1-2H3,(H,21,24)(H,22,25)/b10-7+. The Hall–Kier alpha value is -2.53. The lowest BCUT2D eigenvalue weighted by Crippen LogP contribution is -2.40. The van der Waals surface area contributed by atoms with Crippen molar-refractivity contribution in [2.75, 3.05) is 0 Å². The van der Waals surface area contributed by atoms with Crippen molar-refractivity contribution in [3.05, 3.63) is 63.9 Å². The van der Waals surface area contributed by atoms with Gasteiger partial charge in [0.25, 0.3) is 11.8 Å². The van der Waals surface area contributed by atoms with Crippen LogP contribution in [0.4, 0.5) is 0 Å². The average molecular weight is 358 g/mol. The van der Waals surface area contributed by atoms with Crippen molar-refractivity contribution < 1.29 is 9.59 Å². The van der Waals surface area contributed by atoms with E-state index in [4.69, 9.17) is 11.6 Å². The molecular formula is C19H20ClN3O2. The van der Waals surface area contributed by atoms with Crippen molar-refractivity contribution in [3.63, 3.8) is 0 Å². The Labute approximate surface area is 151 Å². The third-order valence-electron chi connectivity index (χ3n) is 4.27. The molecule has 6 heteroatoms. The minimum Gasteiger partial charge on any atom is -0.346 e. The van der Waals surface area contributed by atoms with Gasteiger partial charge in [-0.05, 0) is 56.5 Å². The summed E-state index contributed by atoms with van der Waals surface area (Å²) in [6.07, 6.45) is 5.60. The molecule has 0 aliphatic heterocycles. The van der Waals surface area contributed by atoms with Gasteiger partial charge in [-0.2, -0.15) is 0 Å². The largest absolute Gasteiger partial charge is 0.346 e. The second kappa shape index (κ2) is 7.15. The fraction of sp³-hybridized carbons (Fsp3) is 0.263. The monoisotopic (exact) mass is 357 g/mol. The molecule has 2 N–H and O–H groups in total. The quantitative estimate of drug-likeness (QED) is 0.649. The van der Waals surface area contributed by atoms with Gasteiger partial charge in [-0.1, -0.05) is 23.7 Å². The van der Waals surface area contributed by atoms with Crippen LogP contribution in [0.3, 0.4) is 0 Å². The summed E-state index contributed by atoms with van der Waals surface area (Å²) in [5.41, 5.74) is 8.40. The second-order valence-corrected chi connectivity index (χ2v) is 6.59. The van der Waals surface area contributed by atoms with Crippen molar-refractivity contribution >= 4 is 29.5 Å². The summed E-state index contributed by atoms with van der Waals surface area (Å²) in [7, 11) is 0. The molecule has 1 aromatic heterocycles. The number of benzene rings is 1. The van der Waals surface area contributed by atoms with Crippen LogP contribution >= 0.6 is 11.6 Å². The van der Waals surface area contributed by atoms with E-state index in [0.29, 0.717) is 16.6 Å². The SMILES string of the molecule is Cc1cc(/C=C/C(=O)NNC(=O)c2ccccc2Cl)c(C)n1C1CC1. The molecule has 1 aliphatic carbocycles. The summed E-state index contributed by atoms with van der Waals surface area (Å²) in [5.74, 6) is -0.865. The Bertz CT molecular complexity index is 850. The molecule has 0 saturated heterocycles. The average Bonchev–Trinajstić information content (AvgIpc) is 3.37. The Balaban J connectivity index is 1.59. The molecule has 2 amide bonds. The molecule has 3 rings (SSSR count). The van der Waals surface area contributed by atoms with Crippen LogP contribution in [-0.2, 0) is 4.79 Å². The number of aryl methyl sites for hydroxylation is 1. The molecule has 1 aliphatic rings. The Morgan fingerprint density at radius 1 is 1.20 bits per heavy atom. The summed E-state index contributed by atoms with van der Waals surface area (Å²) in [6, 6.07) is 9.32. The van der Waals surface area contributed by atoms with Gasteiger partial charge < -0.3 is 4.57 Å². The third-order valence-corrected chi connectivity index (χ3v) is 4.60. The van der Waals surface area contributed by atoms with E-state index in [1.54, 1.807) is 30.3 Å². The van der Waals surface area contributed by atoms with Crippen molar-refractivity contribution in [1.82, 2.24) is 15.4 Å². The molecule has 1 heterocycles. The number of hydrogen-bond acceptors (Lipinski definition) is 2. The molecule has 25 heavy (non-hydrogen) atoms. The van der Waals surface area contributed by atoms with Crippen LogP contribution in [0.15, 0.2) is 36.4 Å². The molecular weight excluding hydrogens is 338 g/mol. The molecule has 130 valence electrons. The van der Waals surface area contributed by atoms with Gasteiger partial charge in [0.15, 0.2) is 0 Å². The maximum Gasteiger partial charge on any atom is 0.271 e. The first-order chi connectivity index (χ1) is 12.0.